The van der Waals surface area contributed by atoms with Crippen LogP contribution in [0.4, 0.5) is 10.1 Å². The molecule has 0 atom stereocenters. The van der Waals surface area contributed by atoms with Gasteiger partial charge in [-0.2, -0.15) is 4.68 Å². The number of carbonyl (C=O) groups is 1. The van der Waals surface area contributed by atoms with Gasteiger partial charge in [0.1, 0.15) is 17.3 Å². The number of anilines is 1. The topological polar surface area (TPSA) is 85.8 Å². The molecule has 4 aromatic rings. The maximum Gasteiger partial charge on any atom is 0.274 e. The number of hydrogen-bond acceptors (Lipinski definition) is 5. The van der Waals surface area contributed by atoms with Crippen LogP contribution in [0, 0.1) is 5.82 Å². The molecule has 1 amide bonds. The molecule has 0 spiro atoms. The highest BCUT2D eigenvalue weighted by Gasteiger charge is 2.20. The molecule has 0 aliphatic rings. The van der Waals surface area contributed by atoms with E-state index in [0.717, 1.165) is 6.07 Å². The highest BCUT2D eigenvalue weighted by Crippen LogP contribution is 2.23. The maximum absolute atomic E-state index is 13.7. The molecule has 0 saturated carbocycles. The van der Waals surface area contributed by atoms with E-state index in [1.165, 1.54) is 29.2 Å². The molecular formula is C20H13ClFN5O2. The van der Waals surface area contributed by atoms with Crippen molar-refractivity contribution in [2.24, 2.45) is 0 Å². The fourth-order valence-electron chi connectivity index (χ4n) is 2.62. The fraction of sp³-hybridized carbons (Fsp3) is 0. The van der Waals surface area contributed by atoms with Crippen LogP contribution in [-0.4, -0.2) is 26.1 Å². The third-order valence-corrected chi connectivity index (χ3v) is 4.27. The van der Waals surface area contributed by atoms with E-state index in [0.29, 0.717) is 17.1 Å². The van der Waals surface area contributed by atoms with Gasteiger partial charge in [0.15, 0.2) is 5.82 Å². The van der Waals surface area contributed by atoms with Gasteiger partial charge in [-0.25, -0.2) is 4.39 Å². The summed E-state index contributed by atoms with van der Waals surface area (Å²) in [7, 11) is 0. The Hall–Kier alpha value is -3.78. The molecule has 0 aliphatic carbocycles. The van der Waals surface area contributed by atoms with E-state index in [9.17, 15) is 9.18 Å². The van der Waals surface area contributed by atoms with Crippen LogP contribution in [0.3, 0.4) is 0 Å². The molecule has 2 heterocycles. The van der Waals surface area contributed by atoms with E-state index in [4.69, 9.17) is 16.0 Å². The summed E-state index contributed by atoms with van der Waals surface area (Å²) in [6.07, 6.45) is 2.97. The van der Waals surface area contributed by atoms with E-state index in [2.05, 4.69) is 20.8 Å². The second kappa shape index (κ2) is 8.07. The van der Waals surface area contributed by atoms with Crippen LogP contribution in [0.1, 0.15) is 5.76 Å². The predicted octanol–water partition coefficient (Wildman–Crippen LogP) is 4.36. The highest BCUT2D eigenvalue weighted by atomic mass is 35.5. The molecule has 4 rings (SSSR count). The van der Waals surface area contributed by atoms with Crippen LogP contribution in [0.2, 0.25) is 5.02 Å². The van der Waals surface area contributed by atoms with E-state index in [1.54, 1.807) is 12.1 Å². The summed E-state index contributed by atoms with van der Waals surface area (Å²) in [4.78, 5) is 13.0. The van der Waals surface area contributed by atoms with Crippen molar-refractivity contribution in [3.8, 4) is 11.4 Å². The highest BCUT2D eigenvalue weighted by molar-refractivity contribution is 6.31. The molecule has 2 aromatic carbocycles. The molecule has 9 heteroatoms. The zero-order valence-corrected chi connectivity index (χ0v) is 15.5. The smallest absolute Gasteiger partial charge is 0.274 e. The quantitative estimate of drug-likeness (QED) is 0.495. The largest absolute Gasteiger partial charge is 0.465 e. The van der Waals surface area contributed by atoms with E-state index < -0.39 is 11.7 Å². The van der Waals surface area contributed by atoms with Crippen LogP contribution in [0.5, 0.6) is 0 Å². The van der Waals surface area contributed by atoms with Crippen LogP contribution < -0.4 is 5.32 Å². The predicted molar refractivity (Wildman–Crippen MR) is 106 cm³/mol. The third kappa shape index (κ3) is 4.07. The molecular weight excluding hydrogens is 397 g/mol. The Kier molecular flexibility index (Phi) is 5.17. The van der Waals surface area contributed by atoms with E-state index in [-0.39, 0.29) is 16.4 Å². The van der Waals surface area contributed by atoms with Gasteiger partial charge in [-0.3, -0.25) is 4.79 Å². The first-order chi connectivity index (χ1) is 14.1. The standard InChI is InChI=1S/C20H13ClFN5O2/c21-16-9-8-14(11-17(16)22)23-20(28)18(12-15-7-4-10-29-15)27-19(24-25-26-27)13-5-2-1-3-6-13/h1-12H,(H,23,28)/b18-12-. The van der Waals surface area contributed by atoms with Crippen molar-refractivity contribution in [2.45, 2.75) is 0 Å². The molecule has 7 nitrogen and oxygen atoms in total. The van der Waals surface area contributed by atoms with Crippen LogP contribution >= 0.6 is 11.6 Å². The molecule has 0 unspecified atom stereocenters. The molecule has 1 N–H and O–H groups in total. The number of carbonyl (C=O) groups excluding carboxylic acids is 1. The Morgan fingerprint density at radius 2 is 1.97 bits per heavy atom. The normalized spacial score (nSPS) is 11.4. The molecule has 0 bridgehead atoms. The monoisotopic (exact) mass is 409 g/mol. The second-order valence-electron chi connectivity index (χ2n) is 5.91. The minimum Gasteiger partial charge on any atom is -0.465 e. The Morgan fingerprint density at radius 3 is 2.69 bits per heavy atom. The Bertz CT molecular complexity index is 1170. The number of benzene rings is 2. The molecule has 2 aromatic heterocycles. The average molecular weight is 410 g/mol. The maximum atomic E-state index is 13.7. The minimum atomic E-state index is -0.645. The van der Waals surface area contributed by atoms with Crippen molar-refractivity contribution in [3.63, 3.8) is 0 Å². The number of halogens is 2. The molecule has 144 valence electrons. The first-order valence-corrected chi connectivity index (χ1v) is 8.85. The van der Waals surface area contributed by atoms with Gasteiger partial charge in [-0.1, -0.05) is 41.9 Å². The SMILES string of the molecule is O=C(Nc1ccc(Cl)c(F)c1)/C(=C/c1ccco1)n1nnnc1-c1ccccc1. The van der Waals surface area contributed by atoms with Crippen LogP contribution in [-0.2, 0) is 4.79 Å². The number of amides is 1. The van der Waals surface area contributed by atoms with Gasteiger partial charge in [0.05, 0.1) is 11.3 Å². The minimum absolute atomic E-state index is 0.0406. The van der Waals surface area contributed by atoms with Gasteiger partial charge in [0.25, 0.3) is 5.91 Å². The summed E-state index contributed by atoms with van der Waals surface area (Å²) in [6, 6.07) is 16.5. The lowest BCUT2D eigenvalue weighted by Crippen LogP contribution is -2.19. The second-order valence-corrected chi connectivity index (χ2v) is 6.32. The number of furan rings is 1. The van der Waals surface area contributed by atoms with Crippen LogP contribution in [0.15, 0.2) is 71.3 Å². The van der Waals surface area contributed by atoms with Gasteiger partial charge < -0.3 is 9.73 Å². The summed E-state index contributed by atoms with van der Waals surface area (Å²) in [5, 5.41) is 14.3. The molecule has 0 fully saturated rings. The summed E-state index contributed by atoms with van der Waals surface area (Å²) < 4.78 is 20.4. The van der Waals surface area contributed by atoms with Gasteiger partial charge in [-0.15, -0.1) is 5.10 Å². The van der Waals surface area contributed by atoms with Crippen molar-refractivity contribution in [3.05, 3.63) is 83.5 Å². The fourth-order valence-corrected chi connectivity index (χ4v) is 2.73. The summed E-state index contributed by atoms with van der Waals surface area (Å²) in [6.45, 7) is 0. The molecule has 0 radical (unpaired) electrons. The number of aromatic nitrogens is 4. The van der Waals surface area contributed by atoms with Gasteiger partial charge in [-0.05, 0) is 40.8 Å². The average Bonchev–Trinajstić information content (AvgIpc) is 3.41. The molecule has 0 aliphatic heterocycles. The first kappa shape index (κ1) is 18.6. The number of nitrogens with one attached hydrogen (secondary N) is 1. The van der Waals surface area contributed by atoms with E-state index >= 15 is 0 Å². The lowest BCUT2D eigenvalue weighted by molar-refractivity contribution is -0.111. The van der Waals surface area contributed by atoms with Crippen LogP contribution in [0.25, 0.3) is 23.2 Å². The van der Waals surface area contributed by atoms with Gasteiger partial charge in [0.2, 0.25) is 0 Å². The lowest BCUT2D eigenvalue weighted by atomic mass is 10.2. The zero-order valence-electron chi connectivity index (χ0n) is 14.8. The Morgan fingerprint density at radius 1 is 1.14 bits per heavy atom. The number of hydrogen-bond donors (Lipinski definition) is 1. The molecule has 29 heavy (non-hydrogen) atoms. The summed E-state index contributed by atoms with van der Waals surface area (Å²) in [5.74, 6) is -0.422. The van der Waals surface area contributed by atoms with Crippen molar-refractivity contribution < 1.29 is 13.6 Å². The Labute approximate surface area is 169 Å². The number of tetrazole rings is 1. The Balaban J connectivity index is 1.75. The van der Waals surface area contributed by atoms with Gasteiger partial charge in [0, 0.05) is 17.3 Å². The van der Waals surface area contributed by atoms with Gasteiger partial charge >= 0.3 is 0 Å². The number of nitrogens with zero attached hydrogens (tertiary/aromatic N) is 4. The van der Waals surface area contributed by atoms with E-state index in [1.807, 2.05) is 30.3 Å². The third-order valence-electron chi connectivity index (χ3n) is 3.96. The van der Waals surface area contributed by atoms with Crippen molar-refractivity contribution in [1.82, 2.24) is 20.2 Å². The van der Waals surface area contributed by atoms with Crippen molar-refractivity contribution >= 4 is 35.0 Å². The first-order valence-electron chi connectivity index (χ1n) is 8.47. The lowest BCUT2D eigenvalue weighted by Gasteiger charge is -2.11. The summed E-state index contributed by atoms with van der Waals surface area (Å²) in [5.41, 5.74) is 1.03. The molecule has 0 saturated heterocycles. The van der Waals surface area contributed by atoms with Crippen molar-refractivity contribution in [2.75, 3.05) is 5.32 Å². The zero-order chi connectivity index (χ0) is 20.2. The number of rotatable bonds is 5. The summed E-state index contributed by atoms with van der Waals surface area (Å²) >= 11 is 5.70. The van der Waals surface area contributed by atoms with Crippen molar-refractivity contribution in [1.29, 1.82) is 0 Å².